The molecule has 1 aromatic rings. The van der Waals surface area contributed by atoms with Gasteiger partial charge in [0, 0.05) is 6.61 Å². The Hall–Kier alpha value is -1.14. The fourth-order valence-corrected chi connectivity index (χ4v) is 4.86. The van der Waals surface area contributed by atoms with Gasteiger partial charge in [0.05, 0.1) is 19.2 Å². The third-order valence-corrected chi connectivity index (χ3v) is 8.96. The number of rotatable bonds is 4. The van der Waals surface area contributed by atoms with Gasteiger partial charge in [0.1, 0.15) is 17.9 Å². The van der Waals surface area contributed by atoms with Crippen LogP contribution in [0.5, 0.6) is 0 Å². The Morgan fingerprint density at radius 3 is 1.88 bits per heavy atom. The van der Waals surface area contributed by atoms with E-state index < -0.39 is 0 Å². The van der Waals surface area contributed by atoms with Crippen molar-refractivity contribution in [3.63, 3.8) is 0 Å². The average molecular weight is 698 g/mol. The number of hydrogen-bond acceptors (Lipinski definition) is 5. The van der Waals surface area contributed by atoms with Crippen LogP contribution < -0.4 is 0 Å². The molecule has 3 heterocycles. The van der Waals surface area contributed by atoms with Crippen LogP contribution in [-0.2, 0) is 30.5 Å². The quantitative estimate of drug-likeness (QED) is 0.436. The first-order valence-electron chi connectivity index (χ1n) is 9.62. The molecule has 4 amide bonds. The van der Waals surface area contributed by atoms with Crippen molar-refractivity contribution in [2.24, 2.45) is 0 Å². The van der Waals surface area contributed by atoms with Gasteiger partial charge >= 0.3 is 0 Å². The predicted octanol–water partition coefficient (Wildman–Crippen LogP) is 4.40. The first kappa shape index (κ1) is 25.5. The van der Waals surface area contributed by atoms with Gasteiger partial charge in [0.15, 0.2) is 0 Å². The van der Waals surface area contributed by atoms with Crippen molar-refractivity contribution in [3.8, 4) is 0 Å². The molecule has 4 rings (SSSR count). The van der Waals surface area contributed by atoms with E-state index in [1.54, 1.807) is 0 Å². The molecule has 0 spiro atoms. The minimum absolute atomic E-state index is 0.00315. The molecule has 7 nitrogen and oxygen atoms in total. The molecule has 0 saturated carbocycles. The maximum atomic E-state index is 11.8. The van der Waals surface area contributed by atoms with Gasteiger partial charge in [-0.05, 0) is 89.0 Å². The highest BCUT2D eigenvalue weighted by Crippen LogP contribution is 2.31. The Labute approximate surface area is 218 Å². The van der Waals surface area contributed by atoms with Crippen LogP contribution in [0.3, 0.4) is 0 Å². The zero-order valence-electron chi connectivity index (χ0n) is 16.9. The molecule has 32 heavy (non-hydrogen) atoms. The van der Waals surface area contributed by atoms with Crippen LogP contribution in [0.25, 0.3) is 0 Å². The Morgan fingerprint density at radius 2 is 1.41 bits per heavy atom. The van der Waals surface area contributed by atoms with Crippen LogP contribution in [0.2, 0.25) is 0 Å². The Morgan fingerprint density at radius 1 is 0.875 bits per heavy atom. The van der Waals surface area contributed by atoms with E-state index in [0.29, 0.717) is 22.1 Å². The molecule has 170 valence electrons. The van der Waals surface area contributed by atoms with Gasteiger partial charge < -0.3 is 4.74 Å². The van der Waals surface area contributed by atoms with E-state index in [0.717, 1.165) is 30.6 Å². The van der Waals surface area contributed by atoms with Crippen molar-refractivity contribution in [1.29, 1.82) is 0 Å². The van der Waals surface area contributed by atoms with Crippen molar-refractivity contribution in [2.45, 2.75) is 32.4 Å². The normalized spacial score (nSPS) is 21.2. The van der Waals surface area contributed by atoms with E-state index in [-0.39, 0.29) is 38.7 Å². The summed E-state index contributed by atoms with van der Waals surface area (Å²) >= 11 is 12.4. The van der Waals surface area contributed by atoms with Gasteiger partial charge in [-0.25, -0.2) is 0 Å². The highest BCUT2D eigenvalue weighted by atomic mass is 79.9. The zero-order valence-corrected chi connectivity index (χ0v) is 23.2. The third-order valence-electron chi connectivity index (χ3n) is 4.95. The smallest absolute Gasteiger partial charge is 0.269 e. The molecule has 1 atom stereocenters. The fourth-order valence-electron chi connectivity index (χ4n) is 3.33. The number of aryl methyl sites for hydroxylation is 1. The lowest BCUT2D eigenvalue weighted by Crippen LogP contribution is -2.37. The van der Waals surface area contributed by atoms with Crippen LogP contribution in [0.1, 0.15) is 24.0 Å². The summed E-state index contributed by atoms with van der Waals surface area (Å²) < 4.78 is 6.55. The monoisotopic (exact) mass is 694 g/mol. The molecule has 0 aliphatic carbocycles. The first-order chi connectivity index (χ1) is 15.1. The topological polar surface area (TPSA) is 84.0 Å². The lowest BCUT2D eigenvalue weighted by atomic mass is 10.1. The fraction of sp³-hybridized carbons (Fsp3) is 0.333. The highest BCUT2D eigenvalue weighted by molar-refractivity contribution is 9.15. The second-order valence-electron chi connectivity index (χ2n) is 7.30. The number of ether oxygens (including phenoxy) is 1. The van der Waals surface area contributed by atoms with Crippen molar-refractivity contribution in [2.75, 3.05) is 13.2 Å². The van der Waals surface area contributed by atoms with Crippen molar-refractivity contribution < 1.29 is 23.9 Å². The molecule has 3 aliphatic rings. The Balaban J connectivity index is 0.000000182. The number of benzene rings is 1. The van der Waals surface area contributed by atoms with E-state index in [9.17, 15) is 19.2 Å². The standard InChI is InChI=1S/C12H9Br2NO2.C9H9Br2NO3/c1-7-3-2-4-8(5-7)6-15-11(16)9(13)10(14)12(15)17;10-6-7(11)9(14)12(8(6)13)4-5-2-1-3-15-5/h2-5H,6H2,1H3;5H,1-4H2. The summed E-state index contributed by atoms with van der Waals surface area (Å²) in [4.78, 5) is 49.3. The number of carbonyl (C=O) groups excluding carboxylic acids is 4. The highest BCUT2D eigenvalue weighted by Gasteiger charge is 2.38. The molecule has 1 unspecified atom stereocenters. The van der Waals surface area contributed by atoms with Crippen molar-refractivity contribution in [1.82, 2.24) is 9.80 Å². The van der Waals surface area contributed by atoms with Gasteiger partial charge in [-0.1, -0.05) is 29.8 Å². The van der Waals surface area contributed by atoms with Crippen LogP contribution in [-0.4, -0.2) is 52.7 Å². The third kappa shape index (κ3) is 5.49. The van der Waals surface area contributed by atoms with Crippen LogP contribution >= 0.6 is 63.7 Å². The van der Waals surface area contributed by atoms with E-state index in [2.05, 4.69) is 63.7 Å². The lowest BCUT2D eigenvalue weighted by Gasteiger charge is -2.18. The van der Waals surface area contributed by atoms with Gasteiger partial charge in [0.2, 0.25) is 0 Å². The van der Waals surface area contributed by atoms with Gasteiger partial charge in [-0.3, -0.25) is 29.0 Å². The zero-order chi connectivity index (χ0) is 23.6. The summed E-state index contributed by atoms with van der Waals surface area (Å²) in [5.41, 5.74) is 2.04. The van der Waals surface area contributed by atoms with Gasteiger partial charge in [-0.2, -0.15) is 0 Å². The molecular weight excluding hydrogens is 680 g/mol. The van der Waals surface area contributed by atoms with Crippen LogP contribution in [0.4, 0.5) is 0 Å². The molecule has 0 bridgehead atoms. The van der Waals surface area contributed by atoms with E-state index in [4.69, 9.17) is 4.74 Å². The summed E-state index contributed by atoms with van der Waals surface area (Å²) in [5, 5.41) is 0. The molecule has 0 aromatic heterocycles. The van der Waals surface area contributed by atoms with Crippen molar-refractivity contribution >= 4 is 87.3 Å². The Kier molecular flexibility index (Phi) is 8.65. The maximum absolute atomic E-state index is 11.8. The molecular formula is C21H18Br4N2O5. The SMILES string of the molecule is Cc1cccc(CN2C(=O)C(Br)=C(Br)C2=O)c1.O=C1C(Br)=C(Br)C(=O)N1CC1CCCO1. The number of carbonyl (C=O) groups is 4. The maximum Gasteiger partial charge on any atom is 0.269 e. The van der Waals surface area contributed by atoms with Crippen LogP contribution in [0, 0.1) is 6.92 Å². The summed E-state index contributed by atoms with van der Waals surface area (Å²) in [7, 11) is 0. The Bertz CT molecular complexity index is 998. The van der Waals surface area contributed by atoms with E-state index >= 15 is 0 Å². The molecule has 1 saturated heterocycles. The van der Waals surface area contributed by atoms with Gasteiger partial charge in [0.25, 0.3) is 23.6 Å². The molecule has 3 aliphatic heterocycles. The summed E-state index contributed by atoms with van der Waals surface area (Å²) in [5.74, 6) is -1.18. The number of amides is 4. The molecule has 1 fully saturated rings. The summed E-state index contributed by atoms with van der Waals surface area (Å²) in [6, 6.07) is 7.74. The largest absolute Gasteiger partial charge is 0.376 e. The molecule has 0 N–H and O–H groups in total. The average Bonchev–Trinajstić information content (AvgIpc) is 3.40. The predicted molar refractivity (Wildman–Crippen MR) is 132 cm³/mol. The van der Waals surface area contributed by atoms with E-state index in [1.807, 2.05) is 31.2 Å². The lowest BCUT2D eigenvalue weighted by molar-refractivity contribution is -0.139. The number of halogens is 4. The van der Waals surface area contributed by atoms with E-state index in [1.165, 1.54) is 9.80 Å². The number of imide groups is 2. The van der Waals surface area contributed by atoms with Crippen LogP contribution in [0.15, 0.2) is 42.2 Å². The summed E-state index contributed by atoms with van der Waals surface area (Å²) in [6.45, 7) is 3.34. The second kappa shape index (κ2) is 10.9. The molecule has 0 radical (unpaired) electrons. The molecule has 11 heteroatoms. The van der Waals surface area contributed by atoms with Crippen molar-refractivity contribution in [3.05, 3.63) is 53.3 Å². The second-order valence-corrected chi connectivity index (χ2v) is 10.5. The summed E-state index contributed by atoms with van der Waals surface area (Å²) in [6.07, 6.45) is 1.90. The minimum atomic E-state index is -0.302. The molecule has 1 aromatic carbocycles. The first-order valence-corrected chi connectivity index (χ1v) is 12.8. The minimum Gasteiger partial charge on any atom is -0.376 e. The number of hydrogen-bond donors (Lipinski definition) is 0. The van der Waals surface area contributed by atoms with Gasteiger partial charge in [-0.15, -0.1) is 0 Å². The number of nitrogens with zero attached hydrogens (tertiary/aromatic N) is 2.